The van der Waals surface area contributed by atoms with Gasteiger partial charge in [-0.25, -0.2) is 0 Å². The molecule has 2 aliphatic rings. The van der Waals surface area contributed by atoms with Crippen molar-refractivity contribution >= 4 is 56.6 Å². The lowest BCUT2D eigenvalue weighted by molar-refractivity contribution is 0.768. The molecule has 1 aliphatic heterocycles. The highest BCUT2D eigenvalue weighted by atomic mass is 15.1. The molecule has 11 aromatic carbocycles. The molecule has 3 heteroatoms. The highest BCUT2D eigenvalue weighted by Gasteiger charge is 2.46. The molecule has 0 bridgehead atoms. The van der Waals surface area contributed by atoms with Crippen molar-refractivity contribution in [3.8, 4) is 22.3 Å². The number of rotatable bonds is 10. The maximum atomic E-state index is 9.99. The molecule has 73 heavy (non-hydrogen) atoms. The number of fused-ring (bicyclic) bond motifs is 5. The molecule has 0 unspecified atom stereocenters. The summed E-state index contributed by atoms with van der Waals surface area (Å²) in [6, 6.07) is 100. The van der Waals surface area contributed by atoms with Crippen molar-refractivity contribution in [1.29, 1.82) is 5.41 Å². The van der Waals surface area contributed by atoms with Crippen molar-refractivity contribution in [2.75, 3.05) is 4.90 Å². The maximum absolute atomic E-state index is 9.99. The van der Waals surface area contributed by atoms with Crippen LogP contribution in [-0.4, -0.2) is 5.71 Å². The number of nitrogens with one attached hydrogen (secondary N) is 2. The minimum absolute atomic E-state index is 0.442. The Balaban J connectivity index is 1.05. The van der Waals surface area contributed by atoms with E-state index in [1.54, 1.807) is 0 Å². The normalized spacial score (nSPS) is 13.7. The smallest absolute Gasteiger partial charge is 0.0714 e. The summed E-state index contributed by atoms with van der Waals surface area (Å²) in [5, 5.41) is 16.4. The zero-order valence-electron chi connectivity index (χ0n) is 40.1. The van der Waals surface area contributed by atoms with Crippen molar-refractivity contribution in [3.05, 3.63) is 329 Å². The summed E-state index contributed by atoms with van der Waals surface area (Å²) in [7, 11) is 0. The Morgan fingerprint density at radius 2 is 0.904 bits per heavy atom. The average molecular weight is 932 g/mol. The molecule has 344 valence electrons. The number of anilines is 3. The van der Waals surface area contributed by atoms with Gasteiger partial charge in [-0.1, -0.05) is 237 Å². The number of nitrogens with zero attached hydrogens (tertiary/aromatic N) is 1. The number of benzene rings is 11. The van der Waals surface area contributed by atoms with Crippen LogP contribution in [0, 0.1) is 5.41 Å². The molecule has 0 atom stereocenters. The molecule has 0 amide bonds. The van der Waals surface area contributed by atoms with Gasteiger partial charge in [-0.15, -0.1) is 0 Å². The van der Waals surface area contributed by atoms with E-state index in [1.807, 2.05) is 36.4 Å². The lowest BCUT2D eigenvalue weighted by Crippen LogP contribution is -2.28. The summed E-state index contributed by atoms with van der Waals surface area (Å²) < 4.78 is 0. The minimum Gasteiger partial charge on any atom is -0.354 e. The fourth-order valence-corrected chi connectivity index (χ4v) is 11.3. The van der Waals surface area contributed by atoms with Crippen molar-refractivity contribution in [3.63, 3.8) is 0 Å². The van der Waals surface area contributed by atoms with E-state index in [0.29, 0.717) is 5.71 Å². The van der Waals surface area contributed by atoms with Crippen LogP contribution in [0.3, 0.4) is 0 Å². The molecule has 3 nitrogen and oxygen atoms in total. The van der Waals surface area contributed by atoms with Gasteiger partial charge in [0.2, 0.25) is 0 Å². The molecule has 1 heterocycles. The van der Waals surface area contributed by atoms with Gasteiger partial charge in [0.15, 0.2) is 0 Å². The standard InChI is InChI=1S/C70H49N3/c71-68(52-25-10-3-11-26-52)67(51-23-8-2-9-24-51)69-63-46-59(41-38-55(63)45-66(72-69)50-21-6-1-7-22-50)73(58-39-36-49(37-40-58)54-35-34-48-20-16-17-27-53(48)44-54)60-42-43-62-61-32-18-19-33-64(61)70(65(62)47-60,56-28-12-4-13-29-56)57-30-14-5-15-31-57/h1-47,71-72H/b69-67-,71-68?. The van der Waals surface area contributed by atoms with Crippen molar-refractivity contribution in [2.45, 2.75) is 5.41 Å². The third-order valence-electron chi connectivity index (χ3n) is 14.7. The molecule has 0 aromatic heterocycles. The largest absolute Gasteiger partial charge is 0.354 e. The van der Waals surface area contributed by atoms with E-state index >= 15 is 0 Å². The van der Waals surface area contributed by atoms with Gasteiger partial charge in [0.25, 0.3) is 0 Å². The van der Waals surface area contributed by atoms with E-state index in [2.05, 4.69) is 259 Å². The SMILES string of the molecule is N=C(/C(=C1\NC(c2ccccc2)=Cc2ccc(N(c3ccc(-c4ccc5ccccc5c4)cc3)c3ccc4c(c3)C(c3ccccc3)(c3ccccc3)c3ccccc3-4)cc21)c1ccccc1)c1ccccc1. The monoisotopic (exact) mass is 931 g/mol. The predicted octanol–water partition coefficient (Wildman–Crippen LogP) is 17.4. The number of hydrogen-bond acceptors (Lipinski definition) is 3. The second-order valence-corrected chi connectivity index (χ2v) is 18.9. The Labute approximate surface area is 426 Å². The lowest BCUT2D eigenvalue weighted by atomic mass is 9.67. The third kappa shape index (κ3) is 7.58. The molecule has 11 aromatic rings. The summed E-state index contributed by atoms with van der Waals surface area (Å²) in [6.45, 7) is 0. The Morgan fingerprint density at radius 1 is 0.370 bits per heavy atom. The number of allylic oxidation sites excluding steroid dienone is 1. The summed E-state index contributed by atoms with van der Waals surface area (Å²) in [5.74, 6) is 0. The van der Waals surface area contributed by atoms with Crippen LogP contribution in [0.25, 0.3) is 56.1 Å². The van der Waals surface area contributed by atoms with Gasteiger partial charge in [-0.05, 0) is 121 Å². The molecule has 13 rings (SSSR count). The van der Waals surface area contributed by atoms with Crippen LogP contribution >= 0.6 is 0 Å². The van der Waals surface area contributed by atoms with Gasteiger partial charge >= 0.3 is 0 Å². The summed E-state index contributed by atoms with van der Waals surface area (Å²) >= 11 is 0. The first-order chi connectivity index (χ1) is 36.1. The topological polar surface area (TPSA) is 39.1 Å². The highest BCUT2D eigenvalue weighted by Crippen LogP contribution is 2.57. The molecule has 0 radical (unpaired) electrons. The Morgan fingerprint density at radius 3 is 1.60 bits per heavy atom. The van der Waals surface area contributed by atoms with E-state index in [4.69, 9.17) is 0 Å². The van der Waals surface area contributed by atoms with Gasteiger partial charge in [0, 0.05) is 39.5 Å². The van der Waals surface area contributed by atoms with E-state index in [-0.39, 0.29) is 0 Å². The van der Waals surface area contributed by atoms with Gasteiger partial charge in [-0.3, -0.25) is 5.41 Å². The van der Waals surface area contributed by atoms with E-state index in [0.717, 1.165) is 67.4 Å². The van der Waals surface area contributed by atoms with Crippen molar-refractivity contribution in [1.82, 2.24) is 5.32 Å². The first-order valence-electron chi connectivity index (χ1n) is 25.0. The quantitative estimate of drug-likeness (QED) is 0.134. The minimum atomic E-state index is -0.577. The van der Waals surface area contributed by atoms with E-state index in [9.17, 15) is 5.41 Å². The van der Waals surface area contributed by atoms with Gasteiger partial charge in [-0.2, -0.15) is 0 Å². The molecule has 1 aliphatic carbocycles. The second kappa shape index (κ2) is 18.3. The van der Waals surface area contributed by atoms with Crippen LogP contribution in [0.1, 0.15) is 50.1 Å². The Hall–Kier alpha value is -9.57. The van der Waals surface area contributed by atoms with Crippen LogP contribution in [0.4, 0.5) is 17.1 Å². The Bertz CT molecular complexity index is 3880. The van der Waals surface area contributed by atoms with Crippen LogP contribution in [0.5, 0.6) is 0 Å². The zero-order valence-corrected chi connectivity index (χ0v) is 40.1. The first kappa shape index (κ1) is 43.5. The molecule has 2 N–H and O–H groups in total. The van der Waals surface area contributed by atoms with Crippen LogP contribution in [0.2, 0.25) is 0 Å². The first-order valence-corrected chi connectivity index (χ1v) is 25.0. The van der Waals surface area contributed by atoms with Gasteiger partial charge in [0.1, 0.15) is 0 Å². The summed E-state index contributed by atoms with van der Waals surface area (Å²) in [4.78, 5) is 2.41. The Kier molecular flexibility index (Phi) is 10.9. The molecule has 0 saturated heterocycles. The average Bonchev–Trinajstić information content (AvgIpc) is 3.77. The predicted molar refractivity (Wildman–Crippen MR) is 305 cm³/mol. The van der Waals surface area contributed by atoms with Crippen molar-refractivity contribution < 1.29 is 0 Å². The van der Waals surface area contributed by atoms with E-state index in [1.165, 1.54) is 49.7 Å². The van der Waals surface area contributed by atoms with Crippen LogP contribution < -0.4 is 10.2 Å². The van der Waals surface area contributed by atoms with E-state index < -0.39 is 5.41 Å². The fourth-order valence-electron chi connectivity index (χ4n) is 11.3. The maximum Gasteiger partial charge on any atom is 0.0714 e. The lowest BCUT2D eigenvalue weighted by Gasteiger charge is -2.35. The molecular weight excluding hydrogens is 883 g/mol. The summed E-state index contributed by atoms with van der Waals surface area (Å²) in [5.41, 5.74) is 20.3. The van der Waals surface area contributed by atoms with Gasteiger partial charge in [0.05, 0.1) is 16.8 Å². The van der Waals surface area contributed by atoms with Crippen LogP contribution in [-0.2, 0) is 5.41 Å². The van der Waals surface area contributed by atoms with Crippen LogP contribution in [0.15, 0.2) is 279 Å². The summed E-state index contributed by atoms with van der Waals surface area (Å²) in [6.07, 6.45) is 2.25. The molecule has 0 spiro atoms. The van der Waals surface area contributed by atoms with Gasteiger partial charge < -0.3 is 10.2 Å². The highest BCUT2D eigenvalue weighted by molar-refractivity contribution is 6.36. The number of hydrogen-bond donors (Lipinski definition) is 2. The third-order valence-corrected chi connectivity index (χ3v) is 14.7. The molecule has 0 fully saturated rings. The molecular formula is C70H49N3. The fraction of sp³-hybridized carbons (Fsp3) is 0.0143. The molecule has 0 saturated carbocycles. The zero-order chi connectivity index (χ0) is 48.7. The second-order valence-electron chi connectivity index (χ2n) is 18.9. The van der Waals surface area contributed by atoms with Crippen molar-refractivity contribution in [2.24, 2.45) is 0 Å².